The lowest BCUT2D eigenvalue weighted by atomic mass is 9.85. The number of hydrogen-bond acceptors (Lipinski definition) is 10. The highest BCUT2D eigenvalue weighted by Gasteiger charge is 2.53. The van der Waals surface area contributed by atoms with Gasteiger partial charge in [0.05, 0.1) is 57.3 Å². The molecule has 2 fully saturated rings. The zero-order valence-corrected chi connectivity index (χ0v) is 31.4. The van der Waals surface area contributed by atoms with Gasteiger partial charge in [-0.25, -0.2) is 0 Å². The average molecular weight is 776 g/mol. The number of benzene rings is 4. The van der Waals surface area contributed by atoms with Crippen molar-refractivity contribution in [2.45, 2.75) is 93.9 Å². The monoisotopic (exact) mass is 775 g/mol. The van der Waals surface area contributed by atoms with Crippen molar-refractivity contribution in [3.8, 4) is 0 Å². The van der Waals surface area contributed by atoms with E-state index in [9.17, 15) is 16.6 Å². The van der Waals surface area contributed by atoms with Crippen LogP contribution in [0.4, 0.5) is 0 Å². The normalized spacial score (nSPS) is 27.0. The predicted octanol–water partition coefficient (Wildman–Crippen LogP) is 8.52. The van der Waals surface area contributed by atoms with Gasteiger partial charge in [0.2, 0.25) is 0 Å². The Morgan fingerprint density at radius 2 is 1.02 bits per heavy atom. The Morgan fingerprint density at radius 3 is 1.47 bits per heavy atom. The van der Waals surface area contributed by atoms with E-state index in [1.807, 2.05) is 121 Å². The Labute approximate surface area is 330 Å². The first-order valence-corrected chi connectivity index (χ1v) is 18.7. The molecule has 0 unspecified atom stereocenters. The summed E-state index contributed by atoms with van der Waals surface area (Å²) < 4.78 is 45.7. The lowest BCUT2D eigenvalue weighted by Crippen LogP contribution is -2.64. The summed E-state index contributed by atoms with van der Waals surface area (Å²) in [5.41, 5.74) is 32.8. The SMILES string of the molecule is CO[C@H]1C[C@H](N=[N+]=[N-])[C@@H](O[C@H]2O[C@H](CN=[N+]=[N-])[C@@H](OCc3ccccc3)[C@H](OCc3ccccc3)[C@H]2N=[N+]=[N-])[C@H](OCc2ccccc2)[C@H]1OCc1ccccc1. The maximum Gasteiger partial charge on any atom is 0.169 e. The van der Waals surface area contributed by atoms with Crippen molar-refractivity contribution in [2.75, 3.05) is 13.7 Å². The van der Waals surface area contributed by atoms with Gasteiger partial charge in [-0.2, -0.15) is 0 Å². The molecule has 0 amide bonds. The molecule has 4 aromatic carbocycles. The highest BCUT2D eigenvalue weighted by atomic mass is 16.7. The smallest absolute Gasteiger partial charge is 0.169 e. The number of azide groups is 3. The molecule has 1 saturated carbocycles. The average Bonchev–Trinajstić information content (AvgIpc) is 3.26. The largest absolute Gasteiger partial charge is 0.379 e. The van der Waals surface area contributed by atoms with E-state index >= 15 is 0 Å². The second-order valence-electron chi connectivity index (χ2n) is 13.6. The molecule has 16 nitrogen and oxygen atoms in total. The van der Waals surface area contributed by atoms with Gasteiger partial charge in [0.15, 0.2) is 6.29 Å². The van der Waals surface area contributed by atoms with Crippen LogP contribution >= 0.6 is 0 Å². The molecule has 4 aromatic rings. The predicted molar refractivity (Wildman–Crippen MR) is 209 cm³/mol. The minimum atomic E-state index is -1.31. The zero-order chi connectivity index (χ0) is 39.7. The standard InChI is InChI=1S/C41H45N9O7/c1-51-33-22-32(46-49-43)36(40(55-27-31-20-12-5-13-21-31)37(33)52-24-28-14-6-2-7-15-28)57-41-35(47-50-44)39(54-26-30-18-10-4-11-19-30)38(34(56-41)23-45-48-42)53-25-29-16-8-3-9-17-29/h2-21,32-41H,22-27H2,1H3/t32-,33-,34+,35+,36+,37-,38+,39+,40-,41+/m0/s1. The van der Waals surface area contributed by atoms with E-state index in [0.29, 0.717) is 0 Å². The Balaban J connectivity index is 1.37. The second-order valence-corrected chi connectivity index (χ2v) is 13.6. The summed E-state index contributed by atoms with van der Waals surface area (Å²) in [6, 6.07) is 36.4. The van der Waals surface area contributed by atoms with Crippen LogP contribution in [0, 0.1) is 0 Å². The zero-order valence-electron chi connectivity index (χ0n) is 31.4. The van der Waals surface area contributed by atoms with Crippen LogP contribution in [0.2, 0.25) is 0 Å². The van der Waals surface area contributed by atoms with E-state index in [0.717, 1.165) is 22.3 Å². The molecule has 1 aliphatic heterocycles. The summed E-state index contributed by atoms with van der Waals surface area (Å²) in [4.78, 5) is 9.35. The molecular formula is C41H45N9O7. The van der Waals surface area contributed by atoms with Gasteiger partial charge in [0, 0.05) is 21.8 Å². The molecule has 296 valence electrons. The molecule has 10 atom stereocenters. The van der Waals surface area contributed by atoms with E-state index in [1.54, 1.807) is 7.11 Å². The number of nitrogens with zero attached hydrogens (tertiary/aromatic N) is 9. The van der Waals surface area contributed by atoms with Gasteiger partial charge in [-0.3, -0.25) is 0 Å². The Kier molecular flexibility index (Phi) is 15.7. The minimum Gasteiger partial charge on any atom is -0.379 e. The maximum absolute atomic E-state index is 9.99. The summed E-state index contributed by atoms with van der Waals surface area (Å²) >= 11 is 0. The Bertz CT molecular complexity index is 1950. The van der Waals surface area contributed by atoms with Crippen molar-refractivity contribution in [1.29, 1.82) is 0 Å². The summed E-state index contributed by atoms with van der Waals surface area (Å²) in [5, 5.41) is 12.2. The van der Waals surface area contributed by atoms with Gasteiger partial charge < -0.3 is 33.2 Å². The maximum atomic E-state index is 9.99. The van der Waals surface area contributed by atoms with Gasteiger partial charge >= 0.3 is 0 Å². The van der Waals surface area contributed by atoms with Crippen molar-refractivity contribution in [2.24, 2.45) is 15.3 Å². The fourth-order valence-corrected chi connectivity index (χ4v) is 7.16. The summed E-state index contributed by atoms with van der Waals surface area (Å²) in [6.07, 6.45) is -6.99. The Morgan fingerprint density at radius 1 is 0.561 bits per heavy atom. The third kappa shape index (κ3) is 11.3. The quantitative estimate of drug-likeness (QED) is 0.0514. The highest BCUT2D eigenvalue weighted by Crippen LogP contribution is 2.37. The molecule has 0 N–H and O–H groups in total. The number of rotatable bonds is 19. The molecule has 0 radical (unpaired) electrons. The lowest BCUT2D eigenvalue weighted by molar-refractivity contribution is -0.309. The van der Waals surface area contributed by atoms with Crippen LogP contribution in [0.5, 0.6) is 0 Å². The second kappa shape index (κ2) is 21.7. The van der Waals surface area contributed by atoms with Crippen molar-refractivity contribution in [3.63, 3.8) is 0 Å². The van der Waals surface area contributed by atoms with E-state index in [2.05, 4.69) is 30.1 Å². The van der Waals surface area contributed by atoms with Crippen LogP contribution in [-0.2, 0) is 59.6 Å². The van der Waals surface area contributed by atoms with Crippen molar-refractivity contribution < 1.29 is 33.2 Å². The van der Waals surface area contributed by atoms with E-state index in [4.69, 9.17) is 33.2 Å². The first-order chi connectivity index (χ1) is 28.1. The first-order valence-electron chi connectivity index (χ1n) is 18.7. The van der Waals surface area contributed by atoms with E-state index in [1.165, 1.54) is 0 Å². The Hall–Kier alpha value is -5.47. The molecular weight excluding hydrogens is 731 g/mol. The molecule has 1 aliphatic carbocycles. The number of methoxy groups -OCH3 is 1. The van der Waals surface area contributed by atoms with Crippen LogP contribution in [0.15, 0.2) is 137 Å². The third-order valence-corrected chi connectivity index (χ3v) is 9.93. The summed E-state index contributed by atoms with van der Waals surface area (Å²) in [6.45, 7) is 0.543. The van der Waals surface area contributed by atoms with Gasteiger partial charge in [-0.15, -0.1) is 0 Å². The van der Waals surface area contributed by atoms with Gasteiger partial charge in [0.25, 0.3) is 0 Å². The van der Waals surface area contributed by atoms with Crippen molar-refractivity contribution in [3.05, 3.63) is 175 Å². The van der Waals surface area contributed by atoms with E-state index in [-0.39, 0.29) is 39.4 Å². The molecule has 1 heterocycles. The number of ether oxygens (including phenoxy) is 7. The first kappa shape index (κ1) is 41.2. The molecule has 0 bridgehead atoms. The fourth-order valence-electron chi connectivity index (χ4n) is 7.16. The van der Waals surface area contributed by atoms with Crippen LogP contribution < -0.4 is 0 Å². The fraction of sp³-hybridized carbons (Fsp3) is 0.415. The summed E-state index contributed by atoms with van der Waals surface area (Å²) in [5.74, 6) is 0. The highest BCUT2D eigenvalue weighted by molar-refractivity contribution is 5.17. The lowest BCUT2D eigenvalue weighted by Gasteiger charge is -2.49. The van der Waals surface area contributed by atoms with Crippen molar-refractivity contribution in [1.82, 2.24) is 0 Å². The molecule has 2 aliphatic rings. The summed E-state index contributed by atoms with van der Waals surface area (Å²) in [7, 11) is 1.57. The minimum absolute atomic E-state index is 0.133. The molecule has 0 spiro atoms. The molecule has 6 rings (SSSR count). The van der Waals surface area contributed by atoms with Crippen LogP contribution in [-0.4, -0.2) is 74.8 Å². The number of hydrogen-bond donors (Lipinski definition) is 0. The third-order valence-electron chi connectivity index (χ3n) is 9.93. The topological polar surface area (TPSA) is 211 Å². The van der Waals surface area contributed by atoms with Gasteiger partial charge in [0.1, 0.15) is 30.5 Å². The van der Waals surface area contributed by atoms with Gasteiger partial charge in [-0.05, 0) is 45.3 Å². The molecule has 1 saturated heterocycles. The van der Waals surface area contributed by atoms with Crippen LogP contribution in [0.25, 0.3) is 31.3 Å². The van der Waals surface area contributed by atoms with Crippen LogP contribution in [0.3, 0.4) is 0 Å². The molecule has 0 aromatic heterocycles. The van der Waals surface area contributed by atoms with E-state index < -0.39 is 61.1 Å². The molecule has 57 heavy (non-hydrogen) atoms. The molecule has 16 heteroatoms. The van der Waals surface area contributed by atoms with Crippen molar-refractivity contribution >= 4 is 0 Å². The van der Waals surface area contributed by atoms with Gasteiger partial charge in [-0.1, -0.05) is 137 Å². The van der Waals surface area contributed by atoms with Crippen LogP contribution in [0.1, 0.15) is 28.7 Å².